The Labute approximate surface area is 165 Å². The van der Waals surface area contributed by atoms with Gasteiger partial charge in [-0.05, 0) is 43.7 Å². The van der Waals surface area contributed by atoms with Crippen molar-refractivity contribution in [2.45, 2.75) is 46.6 Å². The number of amides is 1. The monoisotopic (exact) mass is 380 g/mol. The number of anilines is 1. The number of carbonyl (C=O) groups excluding carboxylic acids is 1. The Hall–Kier alpha value is -2.96. The smallest absolute Gasteiger partial charge is 0.253 e. The van der Waals surface area contributed by atoms with Crippen LogP contribution in [0.4, 0.5) is 5.82 Å². The Morgan fingerprint density at radius 3 is 2.32 bits per heavy atom. The fraction of sp³-hybridized carbons (Fsp3) is 0.429. The number of hydrogen-bond acceptors (Lipinski definition) is 5. The quantitative estimate of drug-likeness (QED) is 0.708. The molecule has 2 heterocycles. The molecule has 7 heteroatoms. The van der Waals surface area contributed by atoms with Crippen molar-refractivity contribution in [2.75, 3.05) is 18.4 Å². The zero-order valence-electron chi connectivity index (χ0n) is 17.2. The fourth-order valence-corrected chi connectivity index (χ4v) is 3.00. The molecule has 0 fully saturated rings. The molecule has 0 radical (unpaired) electrons. The van der Waals surface area contributed by atoms with Gasteiger partial charge in [0.05, 0.1) is 0 Å². The lowest BCUT2D eigenvalue weighted by atomic mass is 9.96. The second kappa shape index (κ2) is 7.96. The predicted octanol–water partition coefficient (Wildman–Crippen LogP) is 3.52. The third kappa shape index (κ3) is 4.13. The Kier molecular flexibility index (Phi) is 5.63. The van der Waals surface area contributed by atoms with Gasteiger partial charge >= 0.3 is 0 Å². The number of carbonyl (C=O) groups is 1. The van der Waals surface area contributed by atoms with E-state index in [2.05, 4.69) is 41.4 Å². The van der Waals surface area contributed by atoms with Crippen LogP contribution in [0.15, 0.2) is 36.4 Å². The van der Waals surface area contributed by atoms with Crippen LogP contribution in [0.1, 0.15) is 56.4 Å². The molecule has 1 aromatic carbocycles. The highest BCUT2D eigenvalue weighted by molar-refractivity contribution is 5.94. The highest BCUT2D eigenvalue weighted by Gasteiger charge is 2.21. The third-order valence-corrected chi connectivity index (χ3v) is 4.66. The first kappa shape index (κ1) is 19.8. The molecule has 0 aliphatic rings. The van der Waals surface area contributed by atoms with Gasteiger partial charge in [0.1, 0.15) is 5.82 Å². The summed E-state index contributed by atoms with van der Waals surface area (Å²) in [5.41, 5.74) is 2.39. The van der Waals surface area contributed by atoms with E-state index in [1.54, 1.807) is 4.52 Å². The minimum atomic E-state index is -0.141. The largest absolute Gasteiger partial charge is 0.365 e. The molecule has 3 rings (SSSR count). The summed E-state index contributed by atoms with van der Waals surface area (Å²) in [4.78, 5) is 14.2. The van der Waals surface area contributed by atoms with E-state index in [9.17, 15) is 4.79 Å². The van der Waals surface area contributed by atoms with Crippen molar-refractivity contribution in [3.63, 3.8) is 0 Å². The molecule has 0 unspecified atom stereocenters. The zero-order chi connectivity index (χ0) is 20.3. The summed E-state index contributed by atoms with van der Waals surface area (Å²) in [6.45, 7) is 12.3. The molecule has 7 nitrogen and oxygen atoms in total. The van der Waals surface area contributed by atoms with Gasteiger partial charge in [-0.1, -0.05) is 32.9 Å². The lowest BCUT2D eigenvalue weighted by Gasteiger charge is -2.18. The van der Waals surface area contributed by atoms with Gasteiger partial charge in [-0.2, -0.15) is 4.52 Å². The summed E-state index contributed by atoms with van der Waals surface area (Å²) in [5.74, 6) is 1.64. The first-order chi connectivity index (χ1) is 13.3. The molecule has 1 amide bonds. The van der Waals surface area contributed by atoms with Crippen LogP contribution >= 0.6 is 0 Å². The van der Waals surface area contributed by atoms with E-state index < -0.39 is 0 Å². The van der Waals surface area contributed by atoms with Crippen LogP contribution in [0, 0.1) is 0 Å². The molecule has 148 valence electrons. The minimum absolute atomic E-state index is 0.0685. The van der Waals surface area contributed by atoms with Crippen LogP contribution in [0.5, 0.6) is 0 Å². The minimum Gasteiger partial charge on any atom is -0.365 e. The van der Waals surface area contributed by atoms with Crippen molar-refractivity contribution in [3.05, 3.63) is 53.3 Å². The van der Waals surface area contributed by atoms with E-state index in [1.807, 2.05) is 55.1 Å². The van der Waals surface area contributed by atoms with Gasteiger partial charge in [0, 0.05) is 30.6 Å². The lowest BCUT2D eigenvalue weighted by molar-refractivity contribution is 0.0773. The second-order valence-corrected chi connectivity index (χ2v) is 7.79. The molecular weight excluding hydrogens is 352 g/mol. The summed E-state index contributed by atoms with van der Waals surface area (Å²) in [6, 6.07) is 11.5. The van der Waals surface area contributed by atoms with Crippen molar-refractivity contribution in [1.82, 2.24) is 24.7 Å². The highest BCUT2D eigenvalue weighted by Crippen LogP contribution is 2.21. The molecule has 0 aliphatic heterocycles. The molecule has 0 saturated carbocycles. The van der Waals surface area contributed by atoms with E-state index in [0.717, 1.165) is 22.9 Å². The Morgan fingerprint density at radius 2 is 1.71 bits per heavy atom. The predicted molar refractivity (Wildman–Crippen MR) is 111 cm³/mol. The van der Waals surface area contributed by atoms with Crippen molar-refractivity contribution in [2.24, 2.45) is 0 Å². The summed E-state index contributed by atoms with van der Waals surface area (Å²) >= 11 is 0. The van der Waals surface area contributed by atoms with Crippen LogP contribution in [-0.2, 0) is 12.0 Å². The third-order valence-electron chi connectivity index (χ3n) is 4.66. The summed E-state index contributed by atoms with van der Waals surface area (Å²) in [5, 5.41) is 16.4. The number of rotatable bonds is 6. The standard InChI is InChI=1S/C21H28N6O/c1-6-26(7-2)19(28)16-10-8-15(9-11-16)14-22-17-12-13-18-23-24-20(21(3,4)5)27(18)25-17/h8-13H,6-7,14H2,1-5H3,(H,22,25). The van der Waals surface area contributed by atoms with E-state index >= 15 is 0 Å². The first-order valence-electron chi connectivity index (χ1n) is 9.68. The van der Waals surface area contributed by atoms with Crippen LogP contribution in [0.3, 0.4) is 0 Å². The van der Waals surface area contributed by atoms with Gasteiger partial charge in [-0.3, -0.25) is 4.79 Å². The number of nitrogens with zero attached hydrogens (tertiary/aromatic N) is 5. The maximum absolute atomic E-state index is 12.4. The Balaban J connectivity index is 1.71. The number of benzene rings is 1. The van der Waals surface area contributed by atoms with Crippen molar-refractivity contribution in [3.8, 4) is 0 Å². The first-order valence-corrected chi connectivity index (χ1v) is 9.68. The molecule has 0 bridgehead atoms. The average Bonchev–Trinajstić information content (AvgIpc) is 3.11. The molecule has 1 N–H and O–H groups in total. The molecule has 3 aromatic rings. The van der Waals surface area contributed by atoms with E-state index in [4.69, 9.17) is 0 Å². The van der Waals surface area contributed by atoms with E-state index in [0.29, 0.717) is 25.2 Å². The van der Waals surface area contributed by atoms with Crippen molar-refractivity contribution >= 4 is 17.4 Å². The number of nitrogens with one attached hydrogen (secondary N) is 1. The summed E-state index contributed by atoms with van der Waals surface area (Å²) in [7, 11) is 0. The van der Waals surface area contributed by atoms with E-state index in [1.165, 1.54) is 0 Å². The summed E-state index contributed by atoms with van der Waals surface area (Å²) < 4.78 is 1.79. The van der Waals surface area contributed by atoms with Crippen molar-refractivity contribution < 1.29 is 4.79 Å². The Bertz CT molecular complexity index is 951. The number of aromatic nitrogens is 4. The molecule has 2 aromatic heterocycles. The van der Waals surface area contributed by atoms with Gasteiger partial charge in [-0.25, -0.2) is 0 Å². The van der Waals surface area contributed by atoms with Crippen LogP contribution < -0.4 is 5.32 Å². The molecule has 0 atom stereocenters. The maximum atomic E-state index is 12.4. The molecule has 0 spiro atoms. The van der Waals surface area contributed by atoms with Gasteiger partial charge in [0.25, 0.3) is 5.91 Å². The number of fused-ring (bicyclic) bond motifs is 1. The summed E-state index contributed by atoms with van der Waals surface area (Å²) in [6.07, 6.45) is 0. The second-order valence-electron chi connectivity index (χ2n) is 7.79. The van der Waals surface area contributed by atoms with Crippen LogP contribution in [0.25, 0.3) is 5.65 Å². The van der Waals surface area contributed by atoms with Gasteiger partial charge < -0.3 is 10.2 Å². The molecule has 0 saturated heterocycles. The van der Waals surface area contributed by atoms with Crippen LogP contribution in [0.2, 0.25) is 0 Å². The van der Waals surface area contributed by atoms with Crippen LogP contribution in [-0.4, -0.2) is 43.7 Å². The topological polar surface area (TPSA) is 75.4 Å². The molecule has 28 heavy (non-hydrogen) atoms. The zero-order valence-corrected chi connectivity index (χ0v) is 17.2. The average molecular weight is 380 g/mol. The fourth-order valence-electron chi connectivity index (χ4n) is 3.00. The normalized spacial score (nSPS) is 11.6. The van der Waals surface area contributed by atoms with Crippen molar-refractivity contribution in [1.29, 1.82) is 0 Å². The lowest BCUT2D eigenvalue weighted by Crippen LogP contribution is -2.30. The van der Waals surface area contributed by atoms with E-state index in [-0.39, 0.29) is 11.3 Å². The molecule has 0 aliphatic carbocycles. The SMILES string of the molecule is CCN(CC)C(=O)c1ccc(CNc2ccc3nnc(C(C)(C)C)n3n2)cc1. The van der Waals surface area contributed by atoms with Gasteiger partial charge in [-0.15, -0.1) is 15.3 Å². The maximum Gasteiger partial charge on any atom is 0.253 e. The number of hydrogen-bond donors (Lipinski definition) is 1. The Morgan fingerprint density at radius 1 is 1.04 bits per heavy atom. The van der Waals surface area contributed by atoms with Gasteiger partial charge in [0.2, 0.25) is 0 Å². The van der Waals surface area contributed by atoms with Gasteiger partial charge in [0.15, 0.2) is 11.5 Å². The highest BCUT2D eigenvalue weighted by atomic mass is 16.2. The molecular formula is C21H28N6O.